The number of carbonyl (C=O) groups excluding carboxylic acids is 1. The number of rotatable bonds is 2. The molecule has 0 saturated carbocycles. The highest BCUT2D eigenvalue weighted by atomic mass is 19.1. The second kappa shape index (κ2) is 5.23. The van der Waals surface area contributed by atoms with E-state index in [0.717, 1.165) is 18.2 Å². The van der Waals surface area contributed by atoms with Crippen LogP contribution in [0.1, 0.15) is 16.2 Å². The highest BCUT2D eigenvalue weighted by Gasteiger charge is 2.11. The van der Waals surface area contributed by atoms with Gasteiger partial charge in [0.1, 0.15) is 29.1 Å². The molecule has 6 heteroatoms. The molecule has 0 radical (unpaired) electrons. The summed E-state index contributed by atoms with van der Waals surface area (Å²) in [5.41, 5.74) is -0.274. The third kappa shape index (κ3) is 2.90. The maximum absolute atomic E-state index is 13.3. The number of amides is 1. The minimum Gasteiger partial charge on any atom is -0.318 e. The Kier molecular flexibility index (Phi) is 3.48. The van der Waals surface area contributed by atoms with Crippen LogP contribution in [0.25, 0.3) is 0 Å². The summed E-state index contributed by atoms with van der Waals surface area (Å²) in [5, 5.41) is 10.9. The Morgan fingerprint density at radius 1 is 1.26 bits per heavy atom. The number of anilines is 1. The molecule has 0 atom stereocenters. The average Bonchev–Trinajstić information content (AvgIpc) is 2.43. The predicted molar refractivity (Wildman–Crippen MR) is 63.3 cm³/mol. The van der Waals surface area contributed by atoms with Crippen LogP contribution in [0.4, 0.5) is 14.5 Å². The van der Waals surface area contributed by atoms with Crippen LogP contribution in [0.5, 0.6) is 0 Å². The smallest absolute Gasteiger partial charge is 0.274 e. The number of pyridine rings is 1. The number of nitrogens with zero attached hydrogens (tertiary/aromatic N) is 2. The zero-order valence-corrected chi connectivity index (χ0v) is 9.52. The molecule has 0 fully saturated rings. The topological polar surface area (TPSA) is 65.8 Å². The van der Waals surface area contributed by atoms with E-state index in [1.807, 2.05) is 0 Å². The highest BCUT2D eigenvalue weighted by molar-refractivity contribution is 6.02. The van der Waals surface area contributed by atoms with Crippen LogP contribution in [0, 0.1) is 23.0 Å². The van der Waals surface area contributed by atoms with Gasteiger partial charge in [0.05, 0.1) is 5.69 Å². The third-order valence-electron chi connectivity index (χ3n) is 2.27. The lowest BCUT2D eigenvalue weighted by Gasteiger charge is -2.06. The third-order valence-corrected chi connectivity index (χ3v) is 2.27. The van der Waals surface area contributed by atoms with Crippen molar-refractivity contribution in [2.24, 2.45) is 0 Å². The van der Waals surface area contributed by atoms with Crippen LogP contribution in [-0.2, 0) is 0 Å². The van der Waals surface area contributed by atoms with Gasteiger partial charge in [-0.3, -0.25) is 4.79 Å². The van der Waals surface area contributed by atoms with Gasteiger partial charge >= 0.3 is 0 Å². The Balaban J connectivity index is 2.26. The summed E-state index contributed by atoms with van der Waals surface area (Å²) in [6.45, 7) is 0. The van der Waals surface area contributed by atoms with E-state index in [0.29, 0.717) is 0 Å². The summed E-state index contributed by atoms with van der Waals surface area (Å²) in [6, 6.07) is 8.77. The first kappa shape index (κ1) is 12.6. The maximum atomic E-state index is 13.3. The molecule has 1 aromatic carbocycles. The fourth-order valence-corrected chi connectivity index (χ4v) is 1.40. The normalized spacial score (nSPS) is 9.74. The minimum atomic E-state index is -0.758. The van der Waals surface area contributed by atoms with E-state index in [2.05, 4.69) is 10.3 Å². The van der Waals surface area contributed by atoms with E-state index in [9.17, 15) is 13.6 Å². The first-order chi connectivity index (χ1) is 9.10. The summed E-state index contributed by atoms with van der Waals surface area (Å²) in [5.74, 6) is -2.15. The van der Waals surface area contributed by atoms with E-state index in [-0.39, 0.29) is 17.1 Å². The van der Waals surface area contributed by atoms with Crippen LogP contribution < -0.4 is 5.32 Å². The van der Waals surface area contributed by atoms with E-state index in [1.54, 1.807) is 6.07 Å². The fourth-order valence-electron chi connectivity index (χ4n) is 1.40. The molecule has 0 aliphatic carbocycles. The van der Waals surface area contributed by atoms with Crippen molar-refractivity contribution in [3.63, 3.8) is 0 Å². The number of carbonyl (C=O) groups is 1. The molecule has 2 rings (SSSR count). The lowest BCUT2D eigenvalue weighted by Crippen LogP contribution is -2.15. The number of nitrogens with one attached hydrogen (secondary N) is 1. The van der Waals surface area contributed by atoms with Gasteiger partial charge in [-0.15, -0.1) is 0 Å². The highest BCUT2D eigenvalue weighted by Crippen LogP contribution is 2.16. The van der Waals surface area contributed by atoms with Crippen LogP contribution >= 0.6 is 0 Å². The van der Waals surface area contributed by atoms with Crippen molar-refractivity contribution >= 4 is 11.6 Å². The fraction of sp³-hybridized carbons (Fsp3) is 0. The molecule has 0 aliphatic heterocycles. The van der Waals surface area contributed by atoms with Gasteiger partial charge in [-0.1, -0.05) is 6.07 Å². The number of hydrogen-bond acceptors (Lipinski definition) is 3. The molecule has 94 valence electrons. The maximum Gasteiger partial charge on any atom is 0.274 e. The summed E-state index contributed by atoms with van der Waals surface area (Å²) in [7, 11) is 0. The van der Waals surface area contributed by atoms with Crippen molar-refractivity contribution in [3.8, 4) is 6.07 Å². The number of nitriles is 1. The van der Waals surface area contributed by atoms with Gasteiger partial charge in [0.15, 0.2) is 0 Å². The first-order valence-corrected chi connectivity index (χ1v) is 5.23. The Morgan fingerprint density at radius 2 is 2.05 bits per heavy atom. The van der Waals surface area contributed by atoms with Crippen molar-refractivity contribution in [2.45, 2.75) is 0 Å². The number of halogens is 2. The van der Waals surface area contributed by atoms with Crippen LogP contribution in [0.15, 0.2) is 36.4 Å². The Hall–Kier alpha value is -2.81. The van der Waals surface area contributed by atoms with Crippen molar-refractivity contribution in [1.82, 2.24) is 4.98 Å². The predicted octanol–water partition coefficient (Wildman–Crippen LogP) is 2.48. The summed E-state index contributed by atoms with van der Waals surface area (Å²) < 4.78 is 26.3. The Bertz CT molecular complexity index is 680. The average molecular weight is 259 g/mol. The molecule has 0 saturated heterocycles. The van der Waals surface area contributed by atoms with Gasteiger partial charge in [0, 0.05) is 6.07 Å². The number of hydrogen-bond donors (Lipinski definition) is 1. The van der Waals surface area contributed by atoms with Crippen molar-refractivity contribution in [1.29, 1.82) is 5.26 Å². The zero-order chi connectivity index (χ0) is 13.8. The molecular formula is C13H7F2N3O. The standard InChI is InChI=1S/C13H7F2N3O/c14-8-4-5-10(15)12(6-8)18-13(19)11-3-1-2-9(7-16)17-11/h1-6H,(H,18,19). The number of aromatic nitrogens is 1. The largest absolute Gasteiger partial charge is 0.318 e. The van der Waals surface area contributed by atoms with Crippen LogP contribution in [-0.4, -0.2) is 10.9 Å². The second-order valence-electron chi connectivity index (χ2n) is 3.60. The molecule has 2 aromatic rings. The van der Waals surface area contributed by atoms with Crippen molar-refractivity contribution in [3.05, 3.63) is 59.4 Å². The molecule has 1 N–H and O–H groups in total. The van der Waals surface area contributed by atoms with E-state index < -0.39 is 17.5 Å². The molecule has 0 bridgehead atoms. The van der Waals surface area contributed by atoms with Gasteiger partial charge in [-0.25, -0.2) is 13.8 Å². The summed E-state index contributed by atoms with van der Waals surface area (Å²) >= 11 is 0. The zero-order valence-electron chi connectivity index (χ0n) is 9.52. The van der Waals surface area contributed by atoms with Crippen molar-refractivity contribution < 1.29 is 13.6 Å². The van der Waals surface area contributed by atoms with Gasteiger partial charge in [-0.05, 0) is 24.3 Å². The van der Waals surface area contributed by atoms with Crippen LogP contribution in [0.2, 0.25) is 0 Å². The van der Waals surface area contributed by atoms with Gasteiger partial charge in [-0.2, -0.15) is 5.26 Å². The molecule has 1 amide bonds. The summed E-state index contributed by atoms with van der Waals surface area (Å²) in [4.78, 5) is 15.5. The Labute approximate surface area is 107 Å². The Morgan fingerprint density at radius 3 is 2.79 bits per heavy atom. The van der Waals surface area contributed by atoms with Crippen LogP contribution in [0.3, 0.4) is 0 Å². The van der Waals surface area contributed by atoms with E-state index in [1.165, 1.54) is 18.2 Å². The molecule has 0 unspecified atom stereocenters. The molecule has 1 aromatic heterocycles. The quantitative estimate of drug-likeness (QED) is 0.901. The van der Waals surface area contributed by atoms with E-state index >= 15 is 0 Å². The molecule has 19 heavy (non-hydrogen) atoms. The lowest BCUT2D eigenvalue weighted by molar-refractivity contribution is 0.102. The monoisotopic (exact) mass is 259 g/mol. The lowest BCUT2D eigenvalue weighted by atomic mass is 10.2. The molecular weight excluding hydrogens is 252 g/mol. The van der Waals surface area contributed by atoms with Gasteiger partial charge in [0.25, 0.3) is 5.91 Å². The van der Waals surface area contributed by atoms with Gasteiger partial charge < -0.3 is 5.32 Å². The summed E-state index contributed by atoms with van der Waals surface area (Å²) in [6.07, 6.45) is 0. The molecule has 4 nitrogen and oxygen atoms in total. The van der Waals surface area contributed by atoms with Gasteiger partial charge in [0.2, 0.25) is 0 Å². The SMILES string of the molecule is N#Cc1cccc(C(=O)Nc2cc(F)ccc2F)n1. The molecule has 0 aliphatic rings. The minimum absolute atomic E-state index is 0.0530. The molecule has 0 spiro atoms. The first-order valence-electron chi connectivity index (χ1n) is 5.23. The van der Waals surface area contributed by atoms with E-state index in [4.69, 9.17) is 5.26 Å². The second-order valence-corrected chi connectivity index (χ2v) is 3.60. The molecule has 1 heterocycles. The number of benzene rings is 1. The van der Waals surface area contributed by atoms with Crippen molar-refractivity contribution in [2.75, 3.05) is 5.32 Å².